The highest BCUT2D eigenvalue weighted by molar-refractivity contribution is 6.61. The molecular formula is C16H16BNO4. The summed E-state index contributed by atoms with van der Waals surface area (Å²) in [7, 11) is -0.924. The van der Waals surface area contributed by atoms with Gasteiger partial charge in [0.1, 0.15) is 5.76 Å². The molecular weight excluding hydrogens is 281 g/mol. The van der Waals surface area contributed by atoms with E-state index in [1.807, 2.05) is 23.1 Å². The van der Waals surface area contributed by atoms with E-state index in [0.29, 0.717) is 30.7 Å². The van der Waals surface area contributed by atoms with E-state index in [4.69, 9.17) is 9.07 Å². The Labute approximate surface area is 128 Å². The Kier molecular flexibility index (Phi) is 3.28. The van der Waals surface area contributed by atoms with Gasteiger partial charge in [-0.15, -0.1) is 0 Å². The lowest BCUT2D eigenvalue weighted by Gasteiger charge is -2.20. The SMILES string of the molecule is O=C(c1ccc2c(c1)B(O)OC2)N1CCCc2occc2C1. The van der Waals surface area contributed by atoms with Gasteiger partial charge in [0.15, 0.2) is 0 Å². The molecule has 0 spiro atoms. The number of hydrogen-bond donors (Lipinski definition) is 1. The van der Waals surface area contributed by atoms with Crippen molar-refractivity contribution in [2.45, 2.75) is 26.0 Å². The molecule has 0 aliphatic carbocycles. The first-order chi connectivity index (χ1) is 10.7. The van der Waals surface area contributed by atoms with E-state index in [1.165, 1.54) is 0 Å². The summed E-state index contributed by atoms with van der Waals surface area (Å²) in [6.07, 6.45) is 3.44. The monoisotopic (exact) mass is 297 g/mol. The van der Waals surface area contributed by atoms with Gasteiger partial charge in [-0.3, -0.25) is 4.79 Å². The van der Waals surface area contributed by atoms with Crippen molar-refractivity contribution < 1.29 is 18.9 Å². The highest BCUT2D eigenvalue weighted by Gasteiger charge is 2.29. The molecule has 1 N–H and O–H groups in total. The highest BCUT2D eigenvalue weighted by Crippen LogP contribution is 2.21. The Morgan fingerprint density at radius 2 is 2.18 bits per heavy atom. The van der Waals surface area contributed by atoms with Crippen LogP contribution in [0.1, 0.15) is 33.7 Å². The van der Waals surface area contributed by atoms with Crippen molar-refractivity contribution in [2.75, 3.05) is 6.54 Å². The van der Waals surface area contributed by atoms with Gasteiger partial charge in [-0.1, -0.05) is 6.07 Å². The molecule has 0 unspecified atom stereocenters. The Morgan fingerprint density at radius 3 is 3.09 bits per heavy atom. The summed E-state index contributed by atoms with van der Waals surface area (Å²) in [5, 5.41) is 9.79. The summed E-state index contributed by atoms with van der Waals surface area (Å²) in [6, 6.07) is 7.35. The van der Waals surface area contributed by atoms with Crippen molar-refractivity contribution in [1.29, 1.82) is 0 Å². The fourth-order valence-corrected chi connectivity index (χ4v) is 3.15. The molecule has 22 heavy (non-hydrogen) atoms. The van der Waals surface area contributed by atoms with Crippen LogP contribution in [-0.2, 0) is 24.2 Å². The number of aryl methyl sites for hydroxylation is 1. The molecule has 112 valence electrons. The topological polar surface area (TPSA) is 62.9 Å². The van der Waals surface area contributed by atoms with Crippen LogP contribution in [0, 0.1) is 0 Å². The van der Waals surface area contributed by atoms with Crippen molar-refractivity contribution >= 4 is 18.5 Å². The van der Waals surface area contributed by atoms with Gasteiger partial charge in [-0.2, -0.15) is 0 Å². The zero-order chi connectivity index (χ0) is 15.1. The van der Waals surface area contributed by atoms with E-state index in [2.05, 4.69) is 0 Å². The van der Waals surface area contributed by atoms with Crippen molar-refractivity contribution in [2.24, 2.45) is 0 Å². The smallest absolute Gasteiger partial charge is 0.469 e. The average Bonchev–Trinajstić information content (AvgIpc) is 3.07. The van der Waals surface area contributed by atoms with Gasteiger partial charge in [0, 0.05) is 30.6 Å². The van der Waals surface area contributed by atoms with E-state index in [1.54, 1.807) is 12.3 Å². The molecule has 6 heteroatoms. The van der Waals surface area contributed by atoms with Gasteiger partial charge in [0.25, 0.3) is 5.91 Å². The van der Waals surface area contributed by atoms with E-state index in [-0.39, 0.29) is 5.91 Å². The van der Waals surface area contributed by atoms with Crippen LogP contribution < -0.4 is 5.46 Å². The minimum absolute atomic E-state index is 0.0176. The maximum Gasteiger partial charge on any atom is 0.491 e. The third-order valence-electron chi connectivity index (χ3n) is 4.37. The normalized spacial score (nSPS) is 17.1. The van der Waals surface area contributed by atoms with Crippen molar-refractivity contribution in [3.8, 4) is 0 Å². The first kappa shape index (κ1) is 13.6. The third kappa shape index (κ3) is 2.24. The summed E-state index contributed by atoms with van der Waals surface area (Å²) >= 11 is 0. The minimum atomic E-state index is -0.924. The van der Waals surface area contributed by atoms with Crippen molar-refractivity contribution in [3.63, 3.8) is 0 Å². The molecule has 0 saturated heterocycles. The summed E-state index contributed by atoms with van der Waals surface area (Å²) < 4.78 is 10.6. The second kappa shape index (κ2) is 5.30. The number of rotatable bonds is 1. The number of benzene rings is 1. The number of furan rings is 1. The van der Waals surface area contributed by atoms with E-state index >= 15 is 0 Å². The molecule has 0 bridgehead atoms. The molecule has 0 radical (unpaired) electrons. The summed E-state index contributed by atoms with van der Waals surface area (Å²) in [5.41, 5.74) is 3.31. The molecule has 1 aromatic carbocycles. The van der Waals surface area contributed by atoms with Gasteiger partial charge < -0.3 is 19.0 Å². The molecule has 5 nitrogen and oxygen atoms in total. The largest absolute Gasteiger partial charge is 0.491 e. The first-order valence-electron chi connectivity index (χ1n) is 7.49. The third-order valence-corrected chi connectivity index (χ3v) is 4.37. The Hall–Kier alpha value is -2.05. The van der Waals surface area contributed by atoms with Gasteiger partial charge in [-0.05, 0) is 35.6 Å². The molecule has 2 aliphatic rings. The minimum Gasteiger partial charge on any atom is -0.469 e. The van der Waals surface area contributed by atoms with Crippen LogP contribution in [0.5, 0.6) is 0 Å². The molecule has 1 amide bonds. The number of carbonyl (C=O) groups is 1. The standard InChI is InChI=1S/C16H16BNO4/c19-16(11-3-4-13-10-22-17(20)14(13)8-11)18-6-1-2-15-12(9-18)5-7-21-15/h3-5,7-8,20H,1-2,6,9-10H2. The van der Waals surface area contributed by atoms with E-state index in [0.717, 1.165) is 29.7 Å². The predicted molar refractivity (Wildman–Crippen MR) is 80.6 cm³/mol. The molecule has 2 aromatic rings. The van der Waals surface area contributed by atoms with Crippen LogP contribution in [0.25, 0.3) is 0 Å². The second-order valence-electron chi connectivity index (χ2n) is 5.78. The van der Waals surface area contributed by atoms with Gasteiger partial charge in [-0.25, -0.2) is 0 Å². The number of fused-ring (bicyclic) bond motifs is 2. The van der Waals surface area contributed by atoms with Gasteiger partial charge in [0.2, 0.25) is 0 Å². The lowest BCUT2D eigenvalue weighted by atomic mass is 9.78. The van der Waals surface area contributed by atoms with Crippen molar-refractivity contribution in [1.82, 2.24) is 4.90 Å². The number of carbonyl (C=O) groups excluding carboxylic acids is 1. The van der Waals surface area contributed by atoms with Crippen LogP contribution in [0.4, 0.5) is 0 Å². The van der Waals surface area contributed by atoms with Crippen LogP contribution in [0.15, 0.2) is 34.9 Å². The van der Waals surface area contributed by atoms with Crippen LogP contribution in [-0.4, -0.2) is 29.5 Å². The summed E-state index contributed by atoms with van der Waals surface area (Å²) in [6.45, 7) is 1.67. The van der Waals surface area contributed by atoms with Crippen LogP contribution >= 0.6 is 0 Å². The molecule has 2 aliphatic heterocycles. The lowest BCUT2D eigenvalue weighted by molar-refractivity contribution is 0.0746. The Bertz CT molecular complexity index is 727. The summed E-state index contributed by atoms with van der Waals surface area (Å²) in [5.74, 6) is 0.962. The maximum atomic E-state index is 12.8. The zero-order valence-electron chi connectivity index (χ0n) is 12.1. The first-order valence-corrected chi connectivity index (χ1v) is 7.49. The molecule has 3 heterocycles. The quantitative estimate of drug-likeness (QED) is 0.800. The average molecular weight is 297 g/mol. The molecule has 0 saturated carbocycles. The highest BCUT2D eigenvalue weighted by atomic mass is 16.5. The zero-order valence-corrected chi connectivity index (χ0v) is 12.1. The van der Waals surface area contributed by atoms with Crippen LogP contribution in [0.2, 0.25) is 0 Å². The van der Waals surface area contributed by atoms with E-state index < -0.39 is 7.12 Å². The van der Waals surface area contributed by atoms with E-state index in [9.17, 15) is 9.82 Å². The predicted octanol–water partition coefficient (Wildman–Crippen LogP) is 1.09. The maximum absolute atomic E-state index is 12.8. The van der Waals surface area contributed by atoms with Crippen molar-refractivity contribution in [3.05, 3.63) is 53.0 Å². The molecule has 0 atom stereocenters. The number of nitrogens with zero attached hydrogens (tertiary/aromatic N) is 1. The number of hydrogen-bond acceptors (Lipinski definition) is 4. The lowest BCUT2D eigenvalue weighted by Crippen LogP contribution is -2.33. The Balaban J connectivity index is 1.61. The molecule has 1 aromatic heterocycles. The Morgan fingerprint density at radius 1 is 1.27 bits per heavy atom. The fraction of sp³-hybridized carbons (Fsp3) is 0.312. The second-order valence-corrected chi connectivity index (χ2v) is 5.78. The van der Waals surface area contributed by atoms with Crippen LogP contribution in [0.3, 0.4) is 0 Å². The molecule has 0 fully saturated rings. The van der Waals surface area contributed by atoms with Gasteiger partial charge >= 0.3 is 7.12 Å². The summed E-state index contributed by atoms with van der Waals surface area (Å²) in [4.78, 5) is 14.6. The number of amides is 1. The van der Waals surface area contributed by atoms with Gasteiger partial charge in [0.05, 0.1) is 12.9 Å². The molecule has 4 rings (SSSR count). The fourth-order valence-electron chi connectivity index (χ4n) is 3.15.